The summed E-state index contributed by atoms with van der Waals surface area (Å²) in [7, 11) is -2.06. The number of sulfonamides is 1. The standard InChI is InChI=1S/C16H17N5O3S2/c1-10-5-11(13-8-19-15(25-13)9-26(17,22)23)7-12(6-10)20-16-18-4-3-14(21-16)24-2/h3-8H,9H2,1-2H3,(H2,17,22,23)(H,18,20,21). The van der Waals surface area contributed by atoms with E-state index in [1.807, 2.05) is 25.1 Å². The lowest BCUT2D eigenvalue weighted by atomic mass is 10.1. The highest BCUT2D eigenvalue weighted by Crippen LogP contribution is 2.30. The molecule has 3 rings (SSSR count). The molecule has 2 aromatic heterocycles. The molecule has 0 saturated carbocycles. The first-order valence-electron chi connectivity index (χ1n) is 7.54. The van der Waals surface area contributed by atoms with Gasteiger partial charge in [0.1, 0.15) is 10.8 Å². The van der Waals surface area contributed by atoms with Gasteiger partial charge in [0.25, 0.3) is 0 Å². The summed E-state index contributed by atoms with van der Waals surface area (Å²) in [5, 5.41) is 8.67. The Bertz CT molecular complexity index is 1030. The van der Waals surface area contributed by atoms with Gasteiger partial charge in [-0.05, 0) is 30.2 Å². The summed E-state index contributed by atoms with van der Waals surface area (Å²) in [4.78, 5) is 13.4. The second-order valence-electron chi connectivity index (χ2n) is 5.56. The van der Waals surface area contributed by atoms with Gasteiger partial charge in [0, 0.05) is 24.1 Å². The average molecular weight is 391 g/mol. The van der Waals surface area contributed by atoms with Crippen molar-refractivity contribution in [3.8, 4) is 16.3 Å². The Labute approximate surface area is 155 Å². The molecular formula is C16H17N5O3S2. The predicted octanol–water partition coefficient (Wildman–Crippen LogP) is 2.45. The highest BCUT2D eigenvalue weighted by molar-refractivity contribution is 7.88. The van der Waals surface area contributed by atoms with Crippen LogP contribution in [0.1, 0.15) is 10.6 Å². The number of methoxy groups -OCH3 is 1. The van der Waals surface area contributed by atoms with E-state index in [1.54, 1.807) is 25.6 Å². The van der Waals surface area contributed by atoms with Crippen molar-refractivity contribution in [2.24, 2.45) is 5.14 Å². The zero-order chi connectivity index (χ0) is 18.7. The van der Waals surface area contributed by atoms with Gasteiger partial charge < -0.3 is 10.1 Å². The molecule has 2 heterocycles. The summed E-state index contributed by atoms with van der Waals surface area (Å²) in [6.07, 6.45) is 3.25. The van der Waals surface area contributed by atoms with Crippen molar-refractivity contribution >= 4 is 33.0 Å². The van der Waals surface area contributed by atoms with Crippen LogP contribution in [0.2, 0.25) is 0 Å². The van der Waals surface area contributed by atoms with Crippen LogP contribution in [-0.4, -0.2) is 30.5 Å². The fraction of sp³-hybridized carbons (Fsp3) is 0.188. The van der Waals surface area contributed by atoms with Crippen molar-refractivity contribution < 1.29 is 13.2 Å². The quantitative estimate of drug-likeness (QED) is 0.662. The van der Waals surface area contributed by atoms with Crippen LogP contribution in [0.15, 0.2) is 36.7 Å². The molecule has 0 bridgehead atoms. The second kappa shape index (κ2) is 7.36. The first-order chi connectivity index (χ1) is 12.3. The lowest BCUT2D eigenvalue weighted by molar-refractivity contribution is 0.397. The van der Waals surface area contributed by atoms with Crippen LogP contribution in [0, 0.1) is 6.92 Å². The number of nitrogens with zero attached hydrogens (tertiary/aromatic N) is 3. The fourth-order valence-electron chi connectivity index (χ4n) is 2.33. The number of aromatic nitrogens is 3. The molecule has 0 saturated heterocycles. The molecule has 0 radical (unpaired) electrons. The van der Waals surface area contributed by atoms with Gasteiger partial charge in [-0.1, -0.05) is 6.07 Å². The molecule has 0 amide bonds. The molecule has 0 atom stereocenters. The van der Waals surface area contributed by atoms with Crippen molar-refractivity contribution in [2.45, 2.75) is 12.7 Å². The third-order valence-electron chi connectivity index (χ3n) is 3.34. The molecule has 0 spiro atoms. The van der Waals surface area contributed by atoms with Crippen molar-refractivity contribution in [2.75, 3.05) is 12.4 Å². The highest BCUT2D eigenvalue weighted by atomic mass is 32.2. The predicted molar refractivity (Wildman–Crippen MR) is 101 cm³/mol. The van der Waals surface area contributed by atoms with E-state index < -0.39 is 10.0 Å². The van der Waals surface area contributed by atoms with Crippen LogP contribution in [0.3, 0.4) is 0 Å². The number of hydrogen-bond donors (Lipinski definition) is 2. The minimum Gasteiger partial charge on any atom is -0.481 e. The monoisotopic (exact) mass is 391 g/mol. The zero-order valence-electron chi connectivity index (χ0n) is 14.1. The molecule has 26 heavy (non-hydrogen) atoms. The van der Waals surface area contributed by atoms with E-state index in [4.69, 9.17) is 9.88 Å². The molecule has 10 heteroatoms. The van der Waals surface area contributed by atoms with E-state index in [0.717, 1.165) is 21.7 Å². The lowest BCUT2D eigenvalue weighted by Crippen LogP contribution is -2.14. The van der Waals surface area contributed by atoms with E-state index in [-0.39, 0.29) is 5.75 Å². The van der Waals surface area contributed by atoms with E-state index in [0.29, 0.717) is 16.8 Å². The van der Waals surface area contributed by atoms with Crippen LogP contribution < -0.4 is 15.2 Å². The Morgan fingerprint density at radius 1 is 1.27 bits per heavy atom. The van der Waals surface area contributed by atoms with Gasteiger partial charge in [0.2, 0.25) is 21.9 Å². The molecule has 0 fully saturated rings. The van der Waals surface area contributed by atoms with Gasteiger partial charge in [0.05, 0.1) is 12.0 Å². The largest absolute Gasteiger partial charge is 0.481 e. The number of nitrogens with two attached hydrogens (primary N) is 1. The summed E-state index contributed by atoms with van der Waals surface area (Å²) in [5.74, 6) is 0.609. The van der Waals surface area contributed by atoms with E-state index >= 15 is 0 Å². The number of aryl methyl sites for hydroxylation is 1. The number of benzene rings is 1. The molecule has 0 aliphatic heterocycles. The minimum absolute atomic E-state index is 0.272. The van der Waals surface area contributed by atoms with E-state index in [1.165, 1.54) is 11.3 Å². The summed E-state index contributed by atoms with van der Waals surface area (Å²) in [5.41, 5.74) is 2.73. The van der Waals surface area contributed by atoms with Crippen molar-refractivity contribution in [1.82, 2.24) is 15.0 Å². The number of nitrogens with one attached hydrogen (secondary N) is 1. The summed E-state index contributed by atoms with van der Waals surface area (Å²) in [6.45, 7) is 1.97. The highest BCUT2D eigenvalue weighted by Gasteiger charge is 2.12. The van der Waals surface area contributed by atoms with Crippen molar-refractivity contribution in [3.63, 3.8) is 0 Å². The average Bonchev–Trinajstić information content (AvgIpc) is 3.01. The lowest BCUT2D eigenvalue weighted by Gasteiger charge is -2.09. The van der Waals surface area contributed by atoms with E-state index in [9.17, 15) is 8.42 Å². The normalized spacial score (nSPS) is 11.3. The first-order valence-corrected chi connectivity index (χ1v) is 10.1. The number of primary sulfonamides is 1. The Kier molecular flexibility index (Phi) is 5.16. The topological polar surface area (TPSA) is 120 Å². The Morgan fingerprint density at radius 2 is 2.08 bits per heavy atom. The number of anilines is 2. The van der Waals surface area contributed by atoms with Gasteiger partial charge in [-0.3, -0.25) is 0 Å². The minimum atomic E-state index is -3.60. The number of ether oxygens (including phenoxy) is 1. The molecule has 3 aromatic rings. The summed E-state index contributed by atoms with van der Waals surface area (Å²) >= 11 is 1.29. The van der Waals surface area contributed by atoms with Crippen LogP contribution >= 0.6 is 11.3 Å². The van der Waals surface area contributed by atoms with Crippen LogP contribution in [-0.2, 0) is 15.8 Å². The van der Waals surface area contributed by atoms with Gasteiger partial charge >= 0.3 is 0 Å². The molecular weight excluding hydrogens is 374 g/mol. The molecule has 0 aliphatic rings. The Morgan fingerprint density at radius 3 is 2.81 bits per heavy atom. The SMILES string of the molecule is COc1ccnc(Nc2cc(C)cc(-c3cnc(CS(N)(=O)=O)s3)c2)n1. The summed E-state index contributed by atoms with van der Waals surface area (Å²) < 4.78 is 27.5. The number of hydrogen-bond acceptors (Lipinski definition) is 8. The third kappa shape index (κ3) is 4.75. The second-order valence-corrected chi connectivity index (χ2v) is 8.29. The van der Waals surface area contributed by atoms with Crippen LogP contribution in [0.5, 0.6) is 5.88 Å². The maximum Gasteiger partial charge on any atom is 0.230 e. The van der Waals surface area contributed by atoms with Crippen molar-refractivity contribution in [1.29, 1.82) is 0 Å². The van der Waals surface area contributed by atoms with Gasteiger partial charge in [-0.15, -0.1) is 11.3 Å². The molecule has 3 N–H and O–H groups in total. The first kappa shape index (κ1) is 18.2. The maximum absolute atomic E-state index is 11.2. The van der Waals surface area contributed by atoms with Gasteiger partial charge in [-0.2, -0.15) is 4.98 Å². The smallest absolute Gasteiger partial charge is 0.230 e. The van der Waals surface area contributed by atoms with Gasteiger partial charge in [0.15, 0.2) is 0 Å². The summed E-state index contributed by atoms with van der Waals surface area (Å²) in [6, 6.07) is 7.53. The number of rotatable bonds is 6. The number of thiazole rings is 1. The molecule has 0 unspecified atom stereocenters. The third-order valence-corrected chi connectivity index (χ3v) is 5.24. The van der Waals surface area contributed by atoms with Crippen LogP contribution in [0.4, 0.5) is 11.6 Å². The van der Waals surface area contributed by atoms with E-state index in [2.05, 4.69) is 20.3 Å². The Hall–Kier alpha value is -2.56. The maximum atomic E-state index is 11.2. The van der Waals surface area contributed by atoms with Gasteiger partial charge in [-0.25, -0.2) is 23.5 Å². The Balaban J connectivity index is 1.88. The van der Waals surface area contributed by atoms with Crippen LogP contribution in [0.25, 0.3) is 10.4 Å². The molecule has 0 aliphatic carbocycles. The molecule has 136 valence electrons. The fourth-order valence-corrected chi connectivity index (χ4v) is 4.17. The molecule has 1 aromatic carbocycles. The molecule has 8 nitrogen and oxygen atoms in total. The van der Waals surface area contributed by atoms with Crippen molar-refractivity contribution in [3.05, 3.63) is 47.2 Å². The zero-order valence-corrected chi connectivity index (χ0v) is 15.8.